The Kier molecular flexibility index (Phi) is 5.75. The molecule has 19 heavy (non-hydrogen) atoms. The number of aromatic nitrogens is 1. The van der Waals surface area contributed by atoms with Gasteiger partial charge in [0.1, 0.15) is 6.54 Å². The number of hydrogen-bond acceptors (Lipinski definition) is 5. The highest BCUT2D eigenvalue weighted by Crippen LogP contribution is 2.02. The van der Waals surface area contributed by atoms with Crippen LogP contribution in [0.2, 0.25) is 0 Å². The second-order valence-electron chi connectivity index (χ2n) is 4.03. The lowest BCUT2D eigenvalue weighted by molar-refractivity contribution is -0.141. The molecule has 1 aromatic heterocycles. The Morgan fingerprint density at radius 2 is 2.16 bits per heavy atom. The van der Waals surface area contributed by atoms with E-state index in [4.69, 9.17) is 0 Å². The fourth-order valence-corrected chi connectivity index (χ4v) is 2.35. The van der Waals surface area contributed by atoms with Crippen LogP contribution in [0.3, 0.4) is 0 Å². The van der Waals surface area contributed by atoms with Crippen molar-refractivity contribution in [1.82, 2.24) is 9.47 Å². The molecule has 0 fully saturated rings. The van der Waals surface area contributed by atoms with Gasteiger partial charge in [-0.2, -0.15) is 0 Å². The van der Waals surface area contributed by atoms with Crippen LogP contribution < -0.4 is 4.87 Å². The molecule has 0 aromatic carbocycles. The van der Waals surface area contributed by atoms with Crippen LogP contribution in [0.5, 0.6) is 0 Å². The molecule has 0 bridgehead atoms. The Labute approximate surface area is 115 Å². The first kappa shape index (κ1) is 15.4. The maximum atomic E-state index is 12.1. The largest absolute Gasteiger partial charge is 0.469 e. The van der Waals surface area contributed by atoms with Crippen LogP contribution >= 0.6 is 11.3 Å². The molecule has 0 atom stereocenters. The van der Waals surface area contributed by atoms with E-state index >= 15 is 0 Å². The molecule has 0 aliphatic carbocycles. The predicted octanol–water partition coefficient (Wildman–Crippen LogP) is 0.630. The molecule has 0 aliphatic rings. The number of amides is 1. The number of ether oxygens (including phenoxy) is 1. The van der Waals surface area contributed by atoms with E-state index in [2.05, 4.69) is 4.74 Å². The third-order valence-corrected chi connectivity index (χ3v) is 3.70. The molecule has 0 saturated carbocycles. The molecule has 0 N–H and O–H groups in total. The molecule has 0 saturated heterocycles. The quantitative estimate of drug-likeness (QED) is 0.719. The SMILES string of the molecule is CCN(CCC(=O)OC)C(=O)Cn1c(C)csc1=O. The Hall–Kier alpha value is -1.63. The summed E-state index contributed by atoms with van der Waals surface area (Å²) in [7, 11) is 1.31. The molecule has 1 amide bonds. The molecular weight excluding hydrogens is 268 g/mol. The smallest absolute Gasteiger partial charge is 0.307 e. The van der Waals surface area contributed by atoms with Crippen LogP contribution in [-0.2, 0) is 20.9 Å². The number of hydrogen-bond donors (Lipinski definition) is 0. The fraction of sp³-hybridized carbons (Fsp3) is 0.583. The number of nitrogens with zero attached hydrogens (tertiary/aromatic N) is 2. The maximum absolute atomic E-state index is 12.1. The summed E-state index contributed by atoms with van der Waals surface area (Å²) in [5, 5.41) is 1.72. The number of likely N-dealkylation sites (N-methyl/N-ethyl adjacent to an activating group) is 1. The molecule has 6 nitrogen and oxygen atoms in total. The molecule has 0 unspecified atom stereocenters. The van der Waals surface area contributed by atoms with Gasteiger partial charge in [0.15, 0.2) is 0 Å². The third kappa shape index (κ3) is 4.20. The highest BCUT2D eigenvalue weighted by atomic mass is 32.1. The van der Waals surface area contributed by atoms with Gasteiger partial charge in [0.25, 0.3) is 0 Å². The Morgan fingerprint density at radius 3 is 2.63 bits per heavy atom. The van der Waals surface area contributed by atoms with Gasteiger partial charge >= 0.3 is 10.8 Å². The average Bonchev–Trinajstić information content (AvgIpc) is 2.71. The van der Waals surface area contributed by atoms with Crippen molar-refractivity contribution in [3.8, 4) is 0 Å². The van der Waals surface area contributed by atoms with E-state index in [1.165, 1.54) is 11.7 Å². The van der Waals surface area contributed by atoms with E-state index < -0.39 is 0 Å². The average molecular weight is 286 g/mol. The van der Waals surface area contributed by atoms with Crippen molar-refractivity contribution in [1.29, 1.82) is 0 Å². The number of rotatable bonds is 6. The van der Waals surface area contributed by atoms with Gasteiger partial charge in [0.05, 0.1) is 13.5 Å². The van der Waals surface area contributed by atoms with Gasteiger partial charge in [0.2, 0.25) is 5.91 Å². The van der Waals surface area contributed by atoms with Gasteiger partial charge in [-0.15, -0.1) is 0 Å². The molecule has 106 valence electrons. The second-order valence-corrected chi connectivity index (χ2v) is 4.85. The second kappa shape index (κ2) is 7.08. The summed E-state index contributed by atoms with van der Waals surface area (Å²) in [6, 6.07) is 0. The van der Waals surface area contributed by atoms with Gasteiger partial charge in [0, 0.05) is 24.2 Å². The number of esters is 1. The first-order valence-electron chi connectivity index (χ1n) is 5.99. The number of carbonyl (C=O) groups is 2. The van der Waals surface area contributed by atoms with E-state index in [0.29, 0.717) is 13.1 Å². The zero-order valence-electron chi connectivity index (χ0n) is 11.3. The van der Waals surface area contributed by atoms with Crippen molar-refractivity contribution in [3.05, 3.63) is 20.7 Å². The predicted molar refractivity (Wildman–Crippen MR) is 72.2 cm³/mol. The van der Waals surface area contributed by atoms with E-state index in [-0.39, 0.29) is 29.7 Å². The summed E-state index contributed by atoms with van der Waals surface area (Å²) < 4.78 is 5.98. The van der Waals surface area contributed by atoms with Crippen molar-refractivity contribution >= 4 is 23.2 Å². The molecule has 0 aliphatic heterocycles. The lowest BCUT2D eigenvalue weighted by Gasteiger charge is -2.20. The van der Waals surface area contributed by atoms with Gasteiger partial charge in [-0.1, -0.05) is 11.3 Å². The molecule has 1 heterocycles. The minimum Gasteiger partial charge on any atom is -0.469 e. The topological polar surface area (TPSA) is 68.6 Å². The third-order valence-electron chi connectivity index (χ3n) is 2.82. The van der Waals surface area contributed by atoms with Crippen molar-refractivity contribution < 1.29 is 14.3 Å². The van der Waals surface area contributed by atoms with Crippen molar-refractivity contribution in [3.63, 3.8) is 0 Å². The fourth-order valence-electron chi connectivity index (χ4n) is 1.62. The van der Waals surface area contributed by atoms with Crippen molar-refractivity contribution in [2.75, 3.05) is 20.2 Å². The Balaban J connectivity index is 2.64. The summed E-state index contributed by atoms with van der Waals surface area (Å²) in [6.07, 6.45) is 0.160. The number of methoxy groups -OCH3 is 1. The van der Waals surface area contributed by atoms with Gasteiger partial charge < -0.3 is 9.64 Å². The molecule has 1 rings (SSSR count). The van der Waals surface area contributed by atoms with Crippen LogP contribution in [0.1, 0.15) is 19.0 Å². The normalized spacial score (nSPS) is 10.3. The van der Waals surface area contributed by atoms with E-state index in [1.54, 1.807) is 17.2 Å². The highest BCUT2D eigenvalue weighted by Gasteiger charge is 2.15. The number of thiazole rings is 1. The van der Waals surface area contributed by atoms with Gasteiger partial charge in [-0.25, -0.2) is 0 Å². The zero-order valence-corrected chi connectivity index (χ0v) is 12.2. The van der Waals surface area contributed by atoms with E-state index in [0.717, 1.165) is 17.0 Å². The summed E-state index contributed by atoms with van der Waals surface area (Å²) in [5.41, 5.74) is 0.771. The van der Waals surface area contributed by atoms with Gasteiger partial charge in [-0.05, 0) is 13.8 Å². The Bertz CT molecular complexity index is 506. The maximum Gasteiger partial charge on any atom is 0.307 e. The van der Waals surface area contributed by atoms with Crippen LogP contribution in [0.4, 0.5) is 0 Å². The van der Waals surface area contributed by atoms with E-state index in [9.17, 15) is 14.4 Å². The number of carbonyl (C=O) groups excluding carboxylic acids is 2. The summed E-state index contributed by atoms with van der Waals surface area (Å²) in [4.78, 5) is 36.1. The highest BCUT2D eigenvalue weighted by molar-refractivity contribution is 7.07. The minimum absolute atomic E-state index is 0.0170. The molecule has 0 spiro atoms. The zero-order chi connectivity index (χ0) is 14.4. The number of aryl methyl sites for hydroxylation is 1. The van der Waals surface area contributed by atoms with Crippen molar-refractivity contribution in [2.24, 2.45) is 0 Å². The van der Waals surface area contributed by atoms with Crippen LogP contribution in [0.25, 0.3) is 0 Å². The molecule has 1 aromatic rings. The lowest BCUT2D eigenvalue weighted by Crippen LogP contribution is -2.37. The van der Waals surface area contributed by atoms with E-state index in [1.807, 2.05) is 6.92 Å². The summed E-state index contributed by atoms with van der Waals surface area (Å²) >= 11 is 1.08. The minimum atomic E-state index is -0.352. The summed E-state index contributed by atoms with van der Waals surface area (Å²) in [5.74, 6) is -0.523. The molecule has 7 heteroatoms. The van der Waals surface area contributed by atoms with Crippen molar-refractivity contribution in [2.45, 2.75) is 26.8 Å². The Morgan fingerprint density at radius 1 is 1.47 bits per heavy atom. The molecular formula is C12H18N2O4S. The molecule has 0 radical (unpaired) electrons. The summed E-state index contributed by atoms with van der Waals surface area (Å²) in [6.45, 7) is 4.44. The monoisotopic (exact) mass is 286 g/mol. The standard InChI is InChI=1S/C12H18N2O4S/c1-4-13(6-5-11(16)18-3)10(15)7-14-9(2)8-19-12(14)17/h8H,4-7H2,1-3H3. The van der Waals surface area contributed by atoms with Crippen LogP contribution in [0, 0.1) is 6.92 Å². The van der Waals surface area contributed by atoms with Gasteiger partial charge in [-0.3, -0.25) is 19.0 Å². The van der Waals surface area contributed by atoms with Crippen LogP contribution in [0.15, 0.2) is 10.2 Å². The first-order chi connectivity index (χ1) is 8.99. The lowest BCUT2D eigenvalue weighted by atomic mass is 10.3. The first-order valence-corrected chi connectivity index (χ1v) is 6.87. The van der Waals surface area contributed by atoms with Crippen LogP contribution in [-0.4, -0.2) is 41.5 Å².